The Balaban J connectivity index is 1.17. The van der Waals surface area contributed by atoms with E-state index in [1.807, 2.05) is 6.92 Å². The molecule has 210 valence electrons. The van der Waals surface area contributed by atoms with E-state index in [9.17, 15) is 24.6 Å². The van der Waals surface area contributed by atoms with Gasteiger partial charge in [-0.1, -0.05) is 31.4 Å². The van der Waals surface area contributed by atoms with E-state index >= 15 is 0 Å². The van der Waals surface area contributed by atoms with Crippen molar-refractivity contribution in [1.29, 1.82) is 0 Å². The van der Waals surface area contributed by atoms with Crippen LogP contribution < -0.4 is 9.64 Å². The quantitative estimate of drug-likeness (QED) is 0.314. The molecule has 3 fully saturated rings. The number of hydrogen-bond donors (Lipinski definition) is 4. The highest BCUT2D eigenvalue weighted by Crippen LogP contribution is 2.46. The first-order valence-electron chi connectivity index (χ1n) is 13.4. The lowest BCUT2D eigenvalue weighted by atomic mass is 9.68. The van der Waals surface area contributed by atoms with Crippen molar-refractivity contribution < 1.29 is 34.0 Å². The molecule has 1 spiro atoms. The molecule has 6 rings (SSSR count). The summed E-state index contributed by atoms with van der Waals surface area (Å²) >= 11 is 0. The van der Waals surface area contributed by atoms with Gasteiger partial charge in [-0.05, 0) is 37.5 Å². The Morgan fingerprint density at radius 2 is 1.90 bits per heavy atom. The highest BCUT2D eigenvalue weighted by atomic mass is 31.2. The molecule has 12 nitrogen and oxygen atoms in total. The molecule has 0 unspecified atom stereocenters. The number of hydrogen-bond acceptors (Lipinski definition) is 9. The van der Waals surface area contributed by atoms with Crippen molar-refractivity contribution in [2.45, 2.75) is 69.7 Å². The Bertz CT molecular complexity index is 1400. The van der Waals surface area contributed by atoms with Crippen LogP contribution in [0.1, 0.15) is 49.7 Å². The van der Waals surface area contributed by atoms with Crippen molar-refractivity contribution in [2.75, 3.05) is 24.6 Å². The van der Waals surface area contributed by atoms with Gasteiger partial charge in [0, 0.05) is 18.5 Å². The molecule has 3 aromatic rings. The molecule has 13 heteroatoms. The molecule has 4 heterocycles. The van der Waals surface area contributed by atoms with Crippen LogP contribution in [0.4, 0.5) is 5.82 Å². The summed E-state index contributed by atoms with van der Waals surface area (Å²) < 4.78 is 24.6. The summed E-state index contributed by atoms with van der Waals surface area (Å²) in [6.45, 7) is 3.69. The number of anilines is 1. The smallest absolute Gasteiger partial charge is 0.329 e. The zero-order chi connectivity index (χ0) is 27.4. The summed E-state index contributed by atoms with van der Waals surface area (Å²) in [7, 11) is -4.22. The molecular weight excluding hydrogens is 525 g/mol. The number of nitrogens with zero attached hydrogens (tertiary/aromatic N) is 5. The minimum atomic E-state index is -4.22. The van der Waals surface area contributed by atoms with Crippen LogP contribution in [0.3, 0.4) is 0 Å². The average molecular weight is 560 g/mol. The van der Waals surface area contributed by atoms with Crippen LogP contribution >= 0.6 is 7.60 Å². The van der Waals surface area contributed by atoms with Gasteiger partial charge >= 0.3 is 7.60 Å². The van der Waals surface area contributed by atoms with Gasteiger partial charge in [0.1, 0.15) is 42.3 Å². The second kappa shape index (κ2) is 10.1. The number of ether oxygens (including phenoxy) is 2. The van der Waals surface area contributed by atoms with E-state index in [0.717, 1.165) is 24.3 Å². The molecule has 4 atom stereocenters. The minimum Gasteiger partial charge on any atom is -0.491 e. The maximum atomic E-state index is 11.3. The van der Waals surface area contributed by atoms with Gasteiger partial charge in [-0.2, -0.15) is 5.10 Å². The van der Waals surface area contributed by atoms with Crippen molar-refractivity contribution in [3.63, 3.8) is 0 Å². The zero-order valence-corrected chi connectivity index (χ0v) is 22.7. The van der Waals surface area contributed by atoms with Gasteiger partial charge in [-0.3, -0.25) is 4.57 Å². The van der Waals surface area contributed by atoms with Gasteiger partial charge in [0.15, 0.2) is 11.9 Å². The van der Waals surface area contributed by atoms with Gasteiger partial charge in [0.2, 0.25) is 0 Å². The van der Waals surface area contributed by atoms with E-state index in [-0.39, 0.29) is 6.61 Å². The summed E-state index contributed by atoms with van der Waals surface area (Å²) in [5, 5.41) is 26.9. The molecule has 2 aliphatic heterocycles. The van der Waals surface area contributed by atoms with Gasteiger partial charge < -0.3 is 34.4 Å². The van der Waals surface area contributed by atoms with Gasteiger partial charge in [0.05, 0.1) is 17.7 Å². The Hall–Kier alpha value is -2.60. The van der Waals surface area contributed by atoms with Crippen LogP contribution in [0.2, 0.25) is 0 Å². The number of fused-ring (bicyclic) bond motifs is 1. The van der Waals surface area contributed by atoms with Crippen LogP contribution in [0.5, 0.6) is 5.75 Å². The fraction of sp³-hybridized carbons (Fsp3) is 0.577. The first-order valence-corrected chi connectivity index (χ1v) is 15.2. The van der Waals surface area contributed by atoms with Crippen LogP contribution in [0.25, 0.3) is 11.0 Å². The lowest BCUT2D eigenvalue weighted by Gasteiger charge is -2.53. The number of aliphatic hydroxyl groups excluding tert-OH is 2. The minimum absolute atomic E-state index is 0.0809. The van der Waals surface area contributed by atoms with Gasteiger partial charge in [0.25, 0.3) is 0 Å². The third-order valence-electron chi connectivity index (χ3n) is 8.09. The van der Waals surface area contributed by atoms with Crippen LogP contribution in [0, 0.1) is 12.3 Å². The molecule has 2 saturated heterocycles. The Kier molecular flexibility index (Phi) is 6.89. The molecule has 1 saturated carbocycles. The van der Waals surface area contributed by atoms with E-state index in [2.05, 4.69) is 15.0 Å². The third kappa shape index (κ3) is 5.29. The molecule has 4 N–H and O–H groups in total. The van der Waals surface area contributed by atoms with Crippen molar-refractivity contribution in [2.24, 2.45) is 5.41 Å². The van der Waals surface area contributed by atoms with Crippen LogP contribution in [0.15, 0.2) is 30.5 Å². The number of aromatic nitrogens is 4. The van der Waals surface area contributed by atoms with Crippen molar-refractivity contribution in [1.82, 2.24) is 19.7 Å². The molecule has 1 aliphatic carbocycles. The first-order chi connectivity index (χ1) is 18.6. The van der Waals surface area contributed by atoms with E-state index in [0.29, 0.717) is 28.2 Å². The fourth-order valence-corrected chi connectivity index (χ4v) is 6.87. The fourth-order valence-electron chi connectivity index (χ4n) is 6.19. The molecular formula is C26H34N5O7P. The van der Waals surface area contributed by atoms with Crippen molar-refractivity contribution in [3.05, 3.63) is 41.9 Å². The maximum absolute atomic E-state index is 11.3. The third-order valence-corrected chi connectivity index (χ3v) is 8.87. The predicted octanol–water partition coefficient (Wildman–Crippen LogP) is 2.28. The number of aryl methyl sites for hydroxylation is 1. The lowest BCUT2D eigenvalue weighted by molar-refractivity contribution is -0.0533. The molecule has 3 aliphatic rings. The molecule has 39 heavy (non-hydrogen) atoms. The van der Waals surface area contributed by atoms with E-state index in [1.54, 1.807) is 24.4 Å². The number of aliphatic hydroxyl groups is 2. The summed E-state index contributed by atoms with van der Waals surface area (Å²) in [5.41, 5.74) is 1.35. The number of rotatable bonds is 7. The summed E-state index contributed by atoms with van der Waals surface area (Å²) in [4.78, 5) is 30.1. The zero-order valence-electron chi connectivity index (χ0n) is 21.8. The van der Waals surface area contributed by atoms with Crippen molar-refractivity contribution in [3.8, 4) is 5.75 Å². The topological polar surface area (TPSA) is 163 Å². The molecule has 0 amide bonds. The molecule has 0 bridgehead atoms. The van der Waals surface area contributed by atoms with Crippen molar-refractivity contribution >= 4 is 24.4 Å². The lowest BCUT2D eigenvalue weighted by Crippen LogP contribution is -2.57. The summed E-state index contributed by atoms with van der Waals surface area (Å²) in [6.07, 6.45) is 3.34. The molecule has 2 aromatic heterocycles. The summed E-state index contributed by atoms with van der Waals surface area (Å²) in [6, 6.07) is 6.41. The second-order valence-electron chi connectivity index (χ2n) is 11.2. The monoisotopic (exact) mass is 559 g/mol. The second-order valence-corrected chi connectivity index (χ2v) is 12.8. The van der Waals surface area contributed by atoms with Crippen LogP contribution in [-0.4, -0.2) is 77.8 Å². The highest BCUT2D eigenvalue weighted by molar-refractivity contribution is 7.50. The molecule has 0 radical (unpaired) electrons. The molecule has 1 aromatic carbocycles. The largest absolute Gasteiger partial charge is 0.491 e. The van der Waals surface area contributed by atoms with Gasteiger partial charge in [-0.25, -0.2) is 14.6 Å². The SMILES string of the molecule is Cc1nc(N2CC3(CCCCC3)C2)c2cnn([C@@H]3O[C@H](COc4cccc(CP(=O)(O)O)c4)[C@@H](O)[C@H]3O)c2n1. The predicted molar refractivity (Wildman–Crippen MR) is 141 cm³/mol. The Morgan fingerprint density at radius 3 is 2.64 bits per heavy atom. The number of benzene rings is 1. The van der Waals surface area contributed by atoms with E-state index in [1.165, 1.54) is 42.9 Å². The van der Waals surface area contributed by atoms with E-state index < -0.39 is 38.3 Å². The maximum Gasteiger partial charge on any atom is 0.329 e. The average Bonchev–Trinajstić information content (AvgIpc) is 3.41. The Morgan fingerprint density at radius 1 is 1.13 bits per heavy atom. The normalized spacial score (nSPS) is 26.7. The Labute approximate surface area is 225 Å². The standard InChI is InChI=1S/C26H34N5O7P/c1-16-28-23(30-14-26(15-30)8-3-2-4-9-26)19-11-27-31(24(19)29-16)25-22(33)21(32)20(38-25)12-37-18-7-5-6-17(10-18)13-39(34,35)36/h5-7,10-11,20-22,25,32-33H,2-4,8-9,12-15H2,1H3,(H2,34,35,36)/t20-,21-,22-,25-/m1/s1. The highest BCUT2D eigenvalue weighted by Gasteiger charge is 2.47. The first kappa shape index (κ1) is 26.6. The van der Waals surface area contributed by atoms with Gasteiger partial charge in [-0.15, -0.1) is 0 Å². The van der Waals surface area contributed by atoms with E-state index in [4.69, 9.17) is 14.5 Å². The summed E-state index contributed by atoms with van der Waals surface area (Å²) in [5.74, 6) is 1.80. The van der Waals surface area contributed by atoms with Crippen LogP contribution in [-0.2, 0) is 15.5 Å².